The van der Waals surface area contributed by atoms with E-state index in [0.29, 0.717) is 0 Å². The minimum Gasteiger partial charge on any atom is -0.480 e. The first-order chi connectivity index (χ1) is 12.5. The highest BCUT2D eigenvalue weighted by molar-refractivity contribution is 5.81. The molecule has 0 aliphatic heterocycles. The molecule has 6 nitrogen and oxygen atoms in total. The van der Waals surface area contributed by atoms with Crippen molar-refractivity contribution < 1.29 is 19.4 Å². The number of nitrogens with zero attached hydrogens (tertiary/aromatic N) is 1. The van der Waals surface area contributed by atoms with Crippen LogP contribution >= 0.6 is 0 Å². The molecule has 0 bridgehead atoms. The van der Waals surface area contributed by atoms with E-state index in [1.54, 1.807) is 19.0 Å². The van der Waals surface area contributed by atoms with Crippen LogP contribution in [0.15, 0.2) is 48.5 Å². The first kappa shape index (κ1) is 17.9. The van der Waals surface area contributed by atoms with Crippen molar-refractivity contribution in [3.8, 4) is 11.1 Å². The topological polar surface area (TPSA) is 78.9 Å². The molecule has 2 N–H and O–H groups in total. The van der Waals surface area contributed by atoms with Gasteiger partial charge in [0.15, 0.2) is 0 Å². The fourth-order valence-electron chi connectivity index (χ4n) is 3.33. The van der Waals surface area contributed by atoms with Crippen molar-refractivity contribution in [1.82, 2.24) is 10.2 Å². The minimum absolute atomic E-state index is 0.0507. The Labute approximate surface area is 152 Å². The monoisotopic (exact) mass is 354 g/mol. The number of carboxylic acids is 1. The highest BCUT2D eigenvalue weighted by Crippen LogP contribution is 2.44. The number of aliphatic carboxylic acids is 1. The largest absolute Gasteiger partial charge is 0.480 e. The standard InChI is InChI=1S/C20H22N2O4/c1-22(2)11-18(19(23)24)21-20(25)26-12-17-15-9-5-3-7-13(15)14-8-4-6-10-16(14)17/h3-10,17-18H,11-12H2,1-2H3,(H,21,25)(H,23,24)/t18-/m1/s1. The van der Waals surface area contributed by atoms with Crippen LogP contribution in [0.2, 0.25) is 0 Å². The van der Waals surface area contributed by atoms with E-state index in [4.69, 9.17) is 4.74 Å². The summed E-state index contributed by atoms with van der Waals surface area (Å²) in [7, 11) is 3.49. The second-order valence-electron chi connectivity index (χ2n) is 6.62. The molecule has 0 heterocycles. The summed E-state index contributed by atoms with van der Waals surface area (Å²) in [5.74, 6) is -1.14. The van der Waals surface area contributed by atoms with Gasteiger partial charge >= 0.3 is 12.1 Å². The van der Waals surface area contributed by atoms with Gasteiger partial charge in [0.1, 0.15) is 12.6 Å². The first-order valence-corrected chi connectivity index (χ1v) is 8.46. The number of fused-ring (bicyclic) bond motifs is 3. The van der Waals surface area contributed by atoms with E-state index < -0.39 is 18.1 Å². The average molecular weight is 354 g/mol. The van der Waals surface area contributed by atoms with Crippen LogP contribution in [0.3, 0.4) is 0 Å². The molecule has 2 aromatic rings. The Morgan fingerprint density at radius 1 is 1.08 bits per heavy atom. The number of hydrogen-bond acceptors (Lipinski definition) is 4. The molecule has 0 unspecified atom stereocenters. The van der Waals surface area contributed by atoms with Gasteiger partial charge in [-0.05, 0) is 36.3 Å². The number of rotatable bonds is 6. The molecule has 2 aromatic carbocycles. The molecule has 1 amide bonds. The van der Waals surface area contributed by atoms with Gasteiger partial charge in [-0.15, -0.1) is 0 Å². The molecule has 0 fully saturated rings. The summed E-state index contributed by atoms with van der Waals surface area (Å²) in [4.78, 5) is 25.1. The SMILES string of the molecule is CN(C)C[C@@H](NC(=O)OCC1c2ccccc2-c2ccccc21)C(=O)O. The Bertz CT molecular complexity index is 773. The van der Waals surface area contributed by atoms with Crippen molar-refractivity contribution in [2.45, 2.75) is 12.0 Å². The molecule has 0 aromatic heterocycles. The van der Waals surface area contributed by atoms with Gasteiger partial charge in [0.25, 0.3) is 0 Å². The maximum absolute atomic E-state index is 12.1. The van der Waals surface area contributed by atoms with Crippen LogP contribution in [-0.4, -0.2) is 55.4 Å². The number of hydrogen-bond donors (Lipinski definition) is 2. The van der Waals surface area contributed by atoms with Gasteiger partial charge in [0.2, 0.25) is 0 Å². The van der Waals surface area contributed by atoms with Gasteiger partial charge in [0, 0.05) is 12.5 Å². The van der Waals surface area contributed by atoms with Gasteiger partial charge in [-0.3, -0.25) is 0 Å². The summed E-state index contributed by atoms with van der Waals surface area (Å²) < 4.78 is 5.37. The number of likely N-dealkylation sites (N-methyl/N-ethyl adjacent to an activating group) is 1. The predicted octanol–water partition coefficient (Wildman–Crippen LogP) is 2.54. The number of carbonyl (C=O) groups excluding carboxylic acids is 1. The number of nitrogens with one attached hydrogen (secondary N) is 1. The number of benzene rings is 2. The zero-order chi connectivity index (χ0) is 18.7. The van der Waals surface area contributed by atoms with Gasteiger partial charge in [-0.2, -0.15) is 0 Å². The van der Waals surface area contributed by atoms with Crippen LogP contribution in [0.1, 0.15) is 17.0 Å². The molecule has 1 aliphatic carbocycles. The highest BCUT2D eigenvalue weighted by atomic mass is 16.5. The van der Waals surface area contributed by atoms with E-state index in [-0.39, 0.29) is 19.1 Å². The molecule has 136 valence electrons. The van der Waals surface area contributed by atoms with E-state index in [0.717, 1.165) is 22.3 Å². The summed E-state index contributed by atoms with van der Waals surface area (Å²) in [5.41, 5.74) is 4.52. The van der Waals surface area contributed by atoms with Crippen molar-refractivity contribution in [3.05, 3.63) is 59.7 Å². The third kappa shape index (κ3) is 3.70. The smallest absolute Gasteiger partial charge is 0.407 e. The minimum atomic E-state index is -1.09. The molecule has 26 heavy (non-hydrogen) atoms. The zero-order valence-electron chi connectivity index (χ0n) is 14.8. The van der Waals surface area contributed by atoms with Crippen LogP contribution in [0, 0.1) is 0 Å². The van der Waals surface area contributed by atoms with Crippen molar-refractivity contribution >= 4 is 12.1 Å². The number of ether oxygens (including phenoxy) is 1. The maximum atomic E-state index is 12.1. The van der Waals surface area contributed by atoms with Crippen LogP contribution in [-0.2, 0) is 9.53 Å². The van der Waals surface area contributed by atoms with E-state index in [1.807, 2.05) is 36.4 Å². The first-order valence-electron chi connectivity index (χ1n) is 8.46. The summed E-state index contributed by atoms with van der Waals surface area (Å²) >= 11 is 0. The quantitative estimate of drug-likeness (QED) is 0.833. The lowest BCUT2D eigenvalue weighted by molar-refractivity contribution is -0.139. The fourth-order valence-corrected chi connectivity index (χ4v) is 3.33. The molecule has 3 rings (SSSR count). The second-order valence-corrected chi connectivity index (χ2v) is 6.62. The Morgan fingerprint density at radius 2 is 1.62 bits per heavy atom. The maximum Gasteiger partial charge on any atom is 0.407 e. The number of alkyl carbamates (subject to hydrolysis) is 1. The van der Waals surface area contributed by atoms with E-state index >= 15 is 0 Å². The van der Waals surface area contributed by atoms with Crippen LogP contribution < -0.4 is 5.32 Å². The van der Waals surface area contributed by atoms with E-state index in [2.05, 4.69) is 17.4 Å². The molecule has 6 heteroatoms. The van der Waals surface area contributed by atoms with Crippen LogP contribution in [0.5, 0.6) is 0 Å². The summed E-state index contributed by atoms with van der Waals surface area (Å²) in [6, 6.07) is 15.1. The summed E-state index contributed by atoms with van der Waals surface area (Å²) in [5, 5.41) is 11.6. The number of carbonyl (C=O) groups is 2. The molecule has 0 saturated carbocycles. The third-order valence-corrected chi connectivity index (χ3v) is 4.48. The molecule has 1 aliphatic rings. The van der Waals surface area contributed by atoms with Crippen molar-refractivity contribution in [2.75, 3.05) is 27.2 Å². The highest BCUT2D eigenvalue weighted by Gasteiger charge is 2.29. The van der Waals surface area contributed by atoms with Crippen molar-refractivity contribution in [3.63, 3.8) is 0 Å². The third-order valence-electron chi connectivity index (χ3n) is 4.48. The lowest BCUT2D eigenvalue weighted by Gasteiger charge is -2.19. The Kier molecular flexibility index (Phi) is 5.23. The van der Waals surface area contributed by atoms with Gasteiger partial charge in [-0.1, -0.05) is 48.5 Å². The predicted molar refractivity (Wildman–Crippen MR) is 98.2 cm³/mol. The lowest BCUT2D eigenvalue weighted by Crippen LogP contribution is -2.47. The normalized spacial score (nSPS) is 13.8. The van der Waals surface area contributed by atoms with Crippen molar-refractivity contribution in [2.24, 2.45) is 0 Å². The summed E-state index contributed by atoms with van der Waals surface area (Å²) in [6.07, 6.45) is -0.721. The van der Waals surface area contributed by atoms with Crippen LogP contribution in [0.4, 0.5) is 4.79 Å². The van der Waals surface area contributed by atoms with E-state index in [9.17, 15) is 14.7 Å². The Balaban J connectivity index is 1.70. The Morgan fingerprint density at radius 3 is 2.12 bits per heavy atom. The van der Waals surface area contributed by atoms with Gasteiger partial charge < -0.3 is 20.1 Å². The molecule has 0 saturated heterocycles. The lowest BCUT2D eigenvalue weighted by atomic mass is 9.98. The second kappa shape index (κ2) is 7.58. The fraction of sp³-hybridized carbons (Fsp3) is 0.300. The van der Waals surface area contributed by atoms with Crippen molar-refractivity contribution in [1.29, 1.82) is 0 Å². The molecule has 1 atom stereocenters. The zero-order valence-corrected chi connectivity index (χ0v) is 14.8. The number of carboxylic acid groups (broad SMARTS) is 1. The van der Waals surface area contributed by atoms with Gasteiger partial charge in [0.05, 0.1) is 0 Å². The number of amides is 1. The molecular formula is C20H22N2O4. The van der Waals surface area contributed by atoms with Gasteiger partial charge in [-0.25, -0.2) is 9.59 Å². The molecular weight excluding hydrogens is 332 g/mol. The molecule has 0 radical (unpaired) electrons. The average Bonchev–Trinajstić information content (AvgIpc) is 2.93. The van der Waals surface area contributed by atoms with E-state index in [1.165, 1.54) is 0 Å². The molecule has 0 spiro atoms. The Hall–Kier alpha value is -2.86. The van der Waals surface area contributed by atoms with Crippen LogP contribution in [0.25, 0.3) is 11.1 Å². The summed E-state index contributed by atoms with van der Waals surface area (Å²) in [6.45, 7) is 0.355.